The summed E-state index contributed by atoms with van der Waals surface area (Å²) in [6.07, 6.45) is 5.75. The van der Waals surface area contributed by atoms with Gasteiger partial charge in [0.2, 0.25) is 0 Å². The van der Waals surface area contributed by atoms with Crippen LogP contribution in [0.3, 0.4) is 0 Å². The zero-order chi connectivity index (χ0) is 13.2. The number of rotatable bonds is 3. The van der Waals surface area contributed by atoms with Crippen LogP contribution in [0.2, 0.25) is 0 Å². The SMILES string of the molecule is CN1CCC(C2CCN(CC3CN(N)C3)CC2)CC1. The fraction of sp³-hybridized carbons (Fsp3) is 1.00. The van der Waals surface area contributed by atoms with E-state index in [4.69, 9.17) is 5.84 Å². The quantitative estimate of drug-likeness (QED) is 0.768. The largest absolute Gasteiger partial charge is 0.306 e. The average molecular weight is 266 g/mol. The van der Waals surface area contributed by atoms with Crippen LogP contribution in [-0.4, -0.2) is 67.7 Å². The van der Waals surface area contributed by atoms with E-state index in [0.717, 1.165) is 30.8 Å². The summed E-state index contributed by atoms with van der Waals surface area (Å²) in [5, 5.41) is 1.94. The molecule has 3 heterocycles. The second kappa shape index (κ2) is 6.08. The number of hydrazine groups is 1. The molecule has 0 bridgehead atoms. The van der Waals surface area contributed by atoms with Gasteiger partial charge in [-0.1, -0.05) is 0 Å². The van der Waals surface area contributed by atoms with Gasteiger partial charge in [0.25, 0.3) is 0 Å². The molecule has 0 atom stereocenters. The van der Waals surface area contributed by atoms with Gasteiger partial charge < -0.3 is 9.80 Å². The predicted octanol–water partition coefficient (Wildman–Crippen LogP) is 0.846. The highest BCUT2D eigenvalue weighted by atomic mass is 15.4. The van der Waals surface area contributed by atoms with Gasteiger partial charge in [0.15, 0.2) is 0 Å². The first-order valence-electron chi connectivity index (χ1n) is 8.11. The van der Waals surface area contributed by atoms with Crippen molar-refractivity contribution in [3.63, 3.8) is 0 Å². The maximum atomic E-state index is 5.72. The van der Waals surface area contributed by atoms with Crippen molar-refractivity contribution in [3.8, 4) is 0 Å². The molecule has 0 aromatic carbocycles. The van der Waals surface area contributed by atoms with Gasteiger partial charge in [-0.25, -0.2) is 5.01 Å². The Labute approximate surface area is 117 Å². The van der Waals surface area contributed by atoms with Crippen molar-refractivity contribution in [2.24, 2.45) is 23.6 Å². The van der Waals surface area contributed by atoms with E-state index in [0.29, 0.717) is 0 Å². The first-order valence-corrected chi connectivity index (χ1v) is 8.11. The van der Waals surface area contributed by atoms with Gasteiger partial charge in [-0.3, -0.25) is 5.84 Å². The first-order chi connectivity index (χ1) is 9.20. The molecule has 3 aliphatic rings. The van der Waals surface area contributed by atoms with Crippen molar-refractivity contribution in [1.82, 2.24) is 14.8 Å². The molecule has 0 aliphatic carbocycles. The Hall–Kier alpha value is -0.160. The van der Waals surface area contributed by atoms with Gasteiger partial charge in [-0.2, -0.15) is 0 Å². The Morgan fingerprint density at radius 1 is 0.895 bits per heavy atom. The van der Waals surface area contributed by atoms with Crippen molar-refractivity contribution in [2.45, 2.75) is 25.7 Å². The van der Waals surface area contributed by atoms with E-state index in [1.807, 2.05) is 5.01 Å². The molecule has 0 aromatic heterocycles. The van der Waals surface area contributed by atoms with E-state index in [2.05, 4.69) is 16.8 Å². The summed E-state index contributed by atoms with van der Waals surface area (Å²) in [5.74, 6) is 8.58. The number of hydrogen-bond acceptors (Lipinski definition) is 4. The summed E-state index contributed by atoms with van der Waals surface area (Å²) in [5.41, 5.74) is 0. The summed E-state index contributed by atoms with van der Waals surface area (Å²) < 4.78 is 0. The summed E-state index contributed by atoms with van der Waals surface area (Å²) in [4.78, 5) is 5.17. The minimum atomic E-state index is 0.838. The molecular formula is C15H30N4. The molecule has 3 aliphatic heterocycles. The number of nitrogens with two attached hydrogens (primary N) is 1. The maximum absolute atomic E-state index is 5.72. The summed E-state index contributed by atoms with van der Waals surface area (Å²) in [7, 11) is 2.26. The Kier molecular flexibility index (Phi) is 4.42. The van der Waals surface area contributed by atoms with Gasteiger partial charge in [-0.05, 0) is 76.7 Å². The zero-order valence-electron chi connectivity index (χ0n) is 12.4. The smallest absolute Gasteiger partial charge is 0.0182 e. The summed E-state index contributed by atoms with van der Waals surface area (Å²) >= 11 is 0. The van der Waals surface area contributed by atoms with Crippen LogP contribution >= 0.6 is 0 Å². The molecule has 19 heavy (non-hydrogen) atoms. The lowest BCUT2D eigenvalue weighted by atomic mass is 9.78. The molecule has 3 rings (SSSR count). The van der Waals surface area contributed by atoms with Crippen LogP contribution in [0.15, 0.2) is 0 Å². The number of hydrogen-bond donors (Lipinski definition) is 1. The van der Waals surface area contributed by atoms with Gasteiger partial charge >= 0.3 is 0 Å². The van der Waals surface area contributed by atoms with Gasteiger partial charge in [0, 0.05) is 19.6 Å². The topological polar surface area (TPSA) is 35.7 Å². The molecule has 0 unspecified atom stereocenters. The van der Waals surface area contributed by atoms with Crippen LogP contribution in [0, 0.1) is 17.8 Å². The van der Waals surface area contributed by atoms with Crippen LogP contribution in [0.5, 0.6) is 0 Å². The molecule has 0 amide bonds. The van der Waals surface area contributed by atoms with Crippen molar-refractivity contribution >= 4 is 0 Å². The van der Waals surface area contributed by atoms with Crippen molar-refractivity contribution in [2.75, 3.05) is 52.9 Å². The predicted molar refractivity (Wildman–Crippen MR) is 78.6 cm³/mol. The third-order valence-electron chi connectivity index (χ3n) is 5.56. The zero-order valence-corrected chi connectivity index (χ0v) is 12.4. The van der Waals surface area contributed by atoms with Gasteiger partial charge in [0.05, 0.1) is 0 Å². The van der Waals surface area contributed by atoms with Gasteiger partial charge in [0.1, 0.15) is 0 Å². The van der Waals surface area contributed by atoms with E-state index in [1.54, 1.807) is 0 Å². The van der Waals surface area contributed by atoms with E-state index in [-0.39, 0.29) is 0 Å². The van der Waals surface area contributed by atoms with E-state index in [1.165, 1.54) is 58.4 Å². The van der Waals surface area contributed by atoms with E-state index in [9.17, 15) is 0 Å². The Bertz CT molecular complexity index is 274. The molecule has 110 valence electrons. The van der Waals surface area contributed by atoms with Crippen molar-refractivity contribution in [1.29, 1.82) is 0 Å². The van der Waals surface area contributed by atoms with Crippen LogP contribution < -0.4 is 5.84 Å². The normalized spacial score (nSPS) is 30.6. The fourth-order valence-corrected chi connectivity index (χ4v) is 4.20. The molecule has 3 fully saturated rings. The Balaban J connectivity index is 1.37. The molecule has 2 N–H and O–H groups in total. The molecule has 0 spiro atoms. The van der Waals surface area contributed by atoms with Crippen LogP contribution in [0.4, 0.5) is 0 Å². The minimum Gasteiger partial charge on any atom is -0.306 e. The lowest BCUT2D eigenvalue weighted by Gasteiger charge is -2.43. The Morgan fingerprint density at radius 3 is 1.95 bits per heavy atom. The highest BCUT2D eigenvalue weighted by molar-refractivity contribution is 4.84. The molecular weight excluding hydrogens is 236 g/mol. The fourth-order valence-electron chi connectivity index (χ4n) is 4.20. The second-order valence-electron chi connectivity index (χ2n) is 7.10. The number of piperidine rings is 2. The number of nitrogens with zero attached hydrogens (tertiary/aromatic N) is 3. The molecule has 0 radical (unpaired) electrons. The van der Waals surface area contributed by atoms with E-state index >= 15 is 0 Å². The summed E-state index contributed by atoms with van der Waals surface area (Å²) in [6.45, 7) is 8.80. The van der Waals surface area contributed by atoms with Crippen molar-refractivity contribution < 1.29 is 0 Å². The second-order valence-corrected chi connectivity index (χ2v) is 7.10. The molecule has 0 aromatic rings. The highest BCUT2D eigenvalue weighted by Gasteiger charge is 2.31. The molecule has 3 saturated heterocycles. The van der Waals surface area contributed by atoms with Crippen LogP contribution in [0.25, 0.3) is 0 Å². The number of likely N-dealkylation sites (tertiary alicyclic amines) is 2. The summed E-state index contributed by atoms with van der Waals surface area (Å²) in [6, 6.07) is 0. The third-order valence-corrected chi connectivity index (χ3v) is 5.56. The minimum absolute atomic E-state index is 0.838. The van der Waals surface area contributed by atoms with Gasteiger partial charge in [-0.15, -0.1) is 0 Å². The van der Waals surface area contributed by atoms with Crippen molar-refractivity contribution in [3.05, 3.63) is 0 Å². The maximum Gasteiger partial charge on any atom is 0.0182 e. The monoisotopic (exact) mass is 266 g/mol. The standard InChI is InChI=1S/C15H30N4/c1-17-6-2-14(3-7-17)15-4-8-18(9-5-15)10-13-11-19(16)12-13/h13-15H,2-12,16H2,1H3. The lowest BCUT2D eigenvalue weighted by molar-refractivity contribution is 0.0445. The van der Waals surface area contributed by atoms with Crippen LogP contribution in [0.1, 0.15) is 25.7 Å². The molecule has 4 heteroatoms. The lowest BCUT2D eigenvalue weighted by Crippen LogP contribution is -2.55. The Morgan fingerprint density at radius 2 is 1.42 bits per heavy atom. The van der Waals surface area contributed by atoms with E-state index < -0.39 is 0 Å². The highest BCUT2D eigenvalue weighted by Crippen LogP contribution is 2.32. The average Bonchev–Trinajstić information content (AvgIpc) is 2.39. The van der Waals surface area contributed by atoms with Crippen LogP contribution in [-0.2, 0) is 0 Å². The molecule has 0 saturated carbocycles. The third kappa shape index (κ3) is 3.48. The first kappa shape index (κ1) is 13.8. The molecule has 4 nitrogen and oxygen atoms in total.